The number of carbonyl (C=O) groups is 2. The number of benzene rings is 2. The summed E-state index contributed by atoms with van der Waals surface area (Å²) in [6.07, 6.45) is -1.32. The van der Waals surface area contributed by atoms with Crippen molar-refractivity contribution < 1.29 is 37.7 Å². The Kier molecular flexibility index (Phi) is 10.1. The van der Waals surface area contributed by atoms with Crippen LogP contribution in [-0.2, 0) is 20.5 Å². The van der Waals surface area contributed by atoms with Gasteiger partial charge >= 0.3 is 18.1 Å². The maximum Gasteiger partial charge on any atom is 0.416 e. The highest BCUT2D eigenvalue weighted by molar-refractivity contribution is 5.89. The van der Waals surface area contributed by atoms with E-state index in [-0.39, 0.29) is 0 Å². The van der Waals surface area contributed by atoms with Crippen molar-refractivity contribution in [1.29, 1.82) is 0 Å². The second kappa shape index (κ2) is 12.8. The molecule has 1 heterocycles. The lowest BCUT2D eigenvalue weighted by Crippen LogP contribution is -2.25. The fourth-order valence-corrected chi connectivity index (χ4v) is 3.34. The molecular formula is C24H26F3NO5. The lowest BCUT2D eigenvalue weighted by Gasteiger charge is -2.22. The van der Waals surface area contributed by atoms with E-state index in [1.165, 1.54) is 25.0 Å². The molecule has 1 saturated heterocycles. The van der Waals surface area contributed by atoms with Gasteiger partial charge in [0, 0.05) is 18.7 Å². The van der Waals surface area contributed by atoms with Crippen molar-refractivity contribution in [2.24, 2.45) is 0 Å². The molecule has 2 aromatic carbocycles. The number of nitrogens with zero attached hydrogens (tertiary/aromatic N) is 1. The molecule has 1 atom stereocenters. The average Bonchev–Trinajstić information content (AvgIpc) is 3.29. The van der Waals surface area contributed by atoms with Gasteiger partial charge in [0.1, 0.15) is 6.10 Å². The molecule has 0 radical (unpaired) electrons. The standard InChI is InChI=1S/C20H22F3NO.C4H4O4/c21-20(22,23)18-10-6-9-17(15-18)19(16-7-2-1-3-8-16)25-14-13-24-11-4-5-12-24;5-3(6)1-2-4(7)8/h1-3,6-10,15,19H,4-5,11-14H2;1-2H,(H,5,6)(H,7,8). The fourth-order valence-electron chi connectivity index (χ4n) is 3.34. The molecule has 0 aliphatic carbocycles. The Morgan fingerprint density at radius 3 is 2.06 bits per heavy atom. The number of hydrogen-bond acceptors (Lipinski definition) is 4. The third kappa shape index (κ3) is 9.46. The number of likely N-dealkylation sites (tertiary alicyclic amines) is 1. The molecule has 0 aromatic heterocycles. The SMILES string of the molecule is FC(F)(F)c1cccc(C(OCCN2CCCC2)c2ccccc2)c1.O=C(O)C=CC(=O)O. The fraction of sp³-hybridized carbons (Fsp3) is 0.333. The Hall–Kier alpha value is -3.17. The molecule has 0 amide bonds. The third-order valence-corrected chi connectivity index (χ3v) is 4.88. The largest absolute Gasteiger partial charge is 0.478 e. The first kappa shape index (κ1) is 26.1. The minimum absolute atomic E-state index is 0.494. The van der Waals surface area contributed by atoms with E-state index in [0.29, 0.717) is 24.3 Å². The third-order valence-electron chi connectivity index (χ3n) is 4.88. The first-order valence-electron chi connectivity index (χ1n) is 10.4. The van der Waals surface area contributed by atoms with Gasteiger partial charge in [0.25, 0.3) is 0 Å². The van der Waals surface area contributed by atoms with Crippen LogP contribution >= 0.6 is 0 Å². The van der Waals surface area contributed by atoms with Crippen LogP contribution in [0.5, 0.6) is 0 Å². The Morgan fingerprint density at radius 1 is 0.939 bits per heavy atom. The van der Waals surface area contributed by atoms with E-state index in [1.807, 2.05) is 30.3 Å². The topological polar surface area (TPSA) is 87.1 Å². The Morgan fingerprint density at radius 2 is 1.52 bits per heavy atom. The van der Waals surface area contributed by atoms with Gasteiger partial charge in [-0.15, -0.1) is 0 Å². The van der Waals surface area contributed by atoms with Crippen LogP contribution in [0.1, 0.15) is 35.6 Å². The molecule has 1 aliphatic heterocycles. The number of rotatable bonds is 8. The van der Waals surface area contributed by atoms with E-state index in [4.69, 9.17) is 14.9 Å². The zero-order valence-electron chi connectivity index (χ0n) is 17.9. The predicted octanol–water partition coefficient (Wildman–Crippen LogP) is 4.62. The highest BCUT2D eigenvalue weighted by Gasteiger charge is 2.31. The number of aliphatic carboxylic acids is 2. The number of hydrogen-bond donors (Lipinski definition) is 2. The van der Waals surface area contributed by atoms with Crippen LogP contribution in [0.25, 0.3) is 0 Å². The van der Waals surface area contributed by atoms with E-state index >= 15 is 0 Å². The van der Waals surface area contributed by atoms with E-state index in [9.17, 15) is 22.8 Å². The van der Waals surface area contributed by atoms with Gasteiger partial charge in [-0.1, -0.05) is 42.5 Å². The van der Waals surface area contributed by atoms with Gasteiger partial charge in [-0.05, 0) is 49.2 Å². The van der Waals surface area contributed by atoms with Crippen molar-refractivity contribution in [3.63, 3.8) is 0 Å². The quantitative estimate of drug-likeness (QED) is 0.554. The predicted molar refractivity (Wildman–Crippen MR) is 116 cm³/mol. The van der Waals surface area contributed by atoms with Crippen molar-refractivity contribution in [2.75, 3.05) is 26.2 Å². The second-order valence-electron chi connectivity index (χ2n) is 7.34. The maximum atomic E-state index is 13.0. The molecule has 1 unspecified atom stereocenters. The highest BCUT2D eigenvalue weighted by atomic mass is 19.4. The van der Waals surface area contributed by atoms with Crippen molar-refractivity contribution >= 4 is 11.9 Å². The average molecular weight is 465 g/mol. The molecule has 1 fully saturated rings. The summed E-state index contributed by atoms with van der Waals surface area (Å²) in [5, 5.41) is 15.6. The lowest BCUT2D eigenvalue weighted by molar-refractivity contribution is -0.137. The van der Waals surface area contributed by atoms with Gasteiger partial charge in [-0.2, -0.15) is 13.2 Å². The minimum atomic E-state index is -4.35. The smallest absolute Gasteiger partial charge is 0.416 e. The molecular weight excluding hydrogens is 439 g/mol. The molecule has 33 heavy (non-hydrogen) atoms. The molecule has 6 nitrogen and oxygen atoms in total. The van der Waals surface area contributed by atoms with Crippen LogP contribution in [0, 0.1) is 0 Å². The van der Waals surface area contributed by atoms with Crippen LogP contribution in [0.2, 0.25) is 0 Å². The molecule has 1 aliphatic rings. The van der Waals surface area contributed by atoms with E-state index in [2.05, 4.69) is 4.90 Å². The van der Waals surface area contributed by atoms with Gasteiger partial charge in [0.15, 0.2) is 0 Å². The molecule has 0 saturated carbocycles. The van der Waals surface area contributed by atoms with Gasteiger partial charge in [-0.3, -0.25) is 0 Å². The summed E-state index contributed by atoms with van der Waals surface area (Å²) in [5.74, 6) is -2.51. The monoisotopic (exact) mass is 465 g/mol. The summed E-state index contributed by atoms with van der Waals surface area (Å²) in [6, 6.07) is 14.8. The Balaban J connectivity index is 0.000000414. The molecule has 2 N–H and O–H groups in total. The molecule has 0 spiro atoms. The Labute approximate surface area is 189 Å². The number of ether oxygens (including phenoxy) is 1. The maximum absolute atomic E-state index is 13.0. The van der Waals surface area contributed by atoms with Crippen molar-refractivity contribution in [2.45, 2.75) is 25.1 Å². The number of carboxylic acid groups (broad SMARTS) is 2. The minimum Gasteiger partial charge on any atom is -0.478 e. The lowest BCUT2D eigenvalue weighted by atomic mass is 9.99. The Bertz CT molecular complexity index is 909. The summed E-state index contributed by atoms with van der Waals surface area (Å²) >= 11 is 0. The van der Waals surface area contributed by atoms with E-state index < -0.39 is 29.8 Å². The number of halogens is 3. The first-order chi connectivity index (χ1) is 15.7. The number of carboxylic acids is 2. The molecule has 9 heteroatoms. The van der Waals surface area contributed by atoms with E-state index in [0.717, 1.165) is 31.3 Å². The zero-order chi connectivity index (χ0) is 24.3. The van der Waals surface area contributed by atoms with Crippen molar-refractivity contribution in [3.05, 3.63) is 83.4 Å². The molecule has 3 rings (SSSR count). The van der Waals surface area contributed by atoms with Crippen LogP contribution in [0.3, 0.4) is 0 Å². The highest BCUT2D eigenvalue weighted by Crippen LogP contribution is 2.33. The summed E-state index contributed by atoms with van der Waals surface area (Å²) in [4.78, 5) is 21.4. The molecule has 2 aromatic rings. The molecule has 0 bridgehead atoms. The van der Waals surface area contributed by atoms with E-state index in [1.54, 1.807) is 6.07 Å². The van der Waals surface area contributed by atoms with Crippen LogP contribution in [0.4, 0.5) is 13.2 Å². The molecule has 178 valence electrons. The summed E-state index contributed by atoms with van der Waals surface area (Å²) < 4.78 is 45.2. The zero-order valence-corrected chi connectivity index (χ0v) is 17.9. The summed E-state index contributed by atoms with van der Waals surface area (Å²) in [5.41, 5.74) is 0.750. The summed E-state index contributed by atoms with van der Waals surface area (Å²) in [6.45, 7) is 3.45. The summed E-state index contributed by atoms with van der Waals surface area (Å²) in [7, 11) is 0. The van der Waals surface area contributed by atoms with Gasteiger partial charge in [0.05, 0.1) is 12.2 Å². The normalized spacial score (nSPS) is 15.1. The number of alkyl halides is 3. The van der Waals surface area contributed by atoms with Crippen LogP contribution in [-0.4, -0.2) is 53.3 Å². The van der Waals surface area contributed by atoms with Crippen molar-refractivity contribution in [3.8, 4) is 0 Å². The van der Waals surface area contributed by atoms with Crippen molar-refractivity contribution in [1.82, 2.24) is 4.90 Å². The van der Waals surface area contributed by atoms with Gasteiger partial charge in [-0.25, -0.2) is 9.59 Å². The van der Waals surface area contributed by atoms with Gasteiger partial charge in [0.2, 0.25) is 0 Å². The van der Waals surface area contributed by atoms with Crippen LogP contribution < -0.4 is 0 Å². The van der Waals surface area contributed by atoms with Crippen LogP contribution in [0.15, 0.2) is 66.7 Å². The van der Waals surface area contributed by atoms with Gasteiger partial charge < -0.3 is 19.8 Å². The second-order valence-corrected chi connectivity index (χ2v) is 7.34. The first-order valence-corrected chi connectivity index (χ1v) is 10.4.